The van der Waals surface area contributed by atoms with Crippen LogP contribution < -0.4 is 4.74 Å². The Morgan fingerprint density at radius 1 is 1.21 bits per heavy atom. The molecule has 0 unspecified atom stereocenters. The second-order valence-electron chi connectivity index (χ2n) is 6.07. The molecule has 0 saturated heterocycles. The zero-order chi connectivity index (χ0) is 16.2. The highest BCUT2D eigenvalue weighted by molar-refractivity contribution is 5.52. The van der Waals surface area contributed by atoms with Gasteiger partial charge in [-0.15, -0.1) is 0 Å². The van der Waals surface area contributed by atoms with E-state index in [4.69, 9.17) is 9.15 Å². The topological polar surface area (TPSA) is 40.2 Å². The highest BCUT2D eigenvalue weighted by atomic mass is 16.5. The average molecular weight is 320 g/mol. The van der Waals surface area contributed by atoms with Gasteiger partial charge in [-0.2, -0.15) is 0 Å². The Morgan fingerprint density at radius 2 is 2.21 bits per heavy atom. The lowest BCUT2D eigenvalue weighted by Gasteiger charge is -2.19. The number of hydrogen-bond donors (Lipinski definition) is 0. The van der Waals surface area contributed by atoms with Crippen LogP contribution in [-0.4, -0.2) is 16.2 Å². The number of nitrogens with zero attached hydrogens (tertiary/aromatic N) is 2. The number of furan rings is 1. The molecule has 0 saturated carbocycles. The first-order valence-electron chi connectivity index (χ1n) is 8.30. The number of rotatable bonds is 5. The van der Waals surface area contributed by atoms with Crippen LogP contribution in [0, 0.1) is 0 Å². The van der Waals surface area contributed by atoms with Crippen molar-refractivity contribution in [2.75, 3.05) is 6.61 Å². The third-order valence-corrected chi connectivity index (χ3v) is 4.38. The molecule has 1 aliphatic rings. The summed E-state index contributed by atoms with van der Waals surface area (Å²) in [4.78, 5) is 4.03. The van der Waals surface area contributed by atoms with E-state index in [0.717, 1.165) is 37.3 Å². The summed E-state index contributed by atoms with van der Waals surface area (Å²) in [6.45, 7) is 1.46. The van der Waals surface area contributed by atoms with Crippen LogP contribution in [0.25, 0.3) is 6.08 Å². The standard InChI is InChI=1S/C20H20N2O2/c1-2-19(23-10-1)13-16-3-4-18-14-20(6-5-17(18)12-16)24-11-9-22-8-7-21-15-22/h1-2,5-8,10,13-15H,3-4,9,11-12H2. The summed E-state index contributed by atoms with van der Waals surface area (Å²) in [6, 6.07) is 10.4. The molecule has 0 aliphatic heterocycles. The molecule has 4 heteroatoms. The molecule has 1 aliphatic carbocycles. The molecule has 0 bridgehead atoms. The van der Waals surface area contributed by atoms with Gasteiger partial charge in [-0.05, 0) is 60.7 Å². The van der Waals surface area contributed by atoms with E-state index in [1.807, 2.05) is 29.2 Å². The normalized spacial score (nSPS) is 15.4. The van der Waals surface area contributed by atoms with Gasteiger partial charge in [0.05, 0.1) is 19.1 Å². The molecule has 0 N–H and O–H groups in total. The Kier molecular flexibility index (Phi) is 4.19. The zero-order valence-electron chi connectivity index (χ0n) is 13.5. The number of aryl methyl sites for hydroxylation is 1. The molecule has 0 atom stereocenters. The van der Waals surface area contributed by atoms with E-state index in [-0.39, 0.29) is 0 Å². The Bertz CT molecular complexity index is 817. The Morgan fingerprint density at radius 3 is 3.04 bits per heavy atom. The van der Waals surface area contributed by atoms with Crippen LogP contribution in [0.4, 0.5) is 0 Å². The van der Waals surface area contributed by atoms with Crippen molar-refractivity contribution in [2.45, 2.75) is 25.8 Å². The minimum atomic E-state index is 0.652. The largest absolute Gasteiger partial charge is 0.492 e. The van der Waals surface area contributed by atoms with E-state index < -0.39 is 0 Å². The summed E-state index contributed by atoms with van der Waals surface area (Å²) in [7, 11) is 0. The Hall–Kier alpha value is -2.75. The zero-order valence-corrected chi connectivity index (χ0v) is 13.5. The SMILES string of the molecule is C(=C1CCc2cc(OCCn3ccnc3)ccc2C1)c1ccco1. The number of fused-ring (bicyclic) bond motifs is 1. The second-order valence-corrected chi connectivity index (χ2v) is 6.07. The molecule has 0 fully saturated rings. The minimum Gasteiger partial charge on any atom is -0.492 e. The summed E-state index contributed by atoms with van der Waals surface area (Å²) in [5, 5.41) is 0. The van der Waals surface area contributed by atoms with Gasteiger partial charge in [0.25, 0.3) is 0 Å². The van der Waals surface area contributed by atoms with Gasteiger partial charge in [0.15, 0.2) is 0 Å². The van der Waals surface area contributed by atoms with Gasteiger partial charge in [-0.25, -0.2) is 4.98 Å². The van der Waals surface area contributed by atoms with Crippen molar-refractivity contribution in [1.29, 1.82) is 0 Å². The van der Waals surface area contributed by atoms with Gasteiger partial charge in [-0.1, -0.05) is 11.6 Å². The Labute approximate surface area is 141 Å². The quantitative estimate of drug-likeness (QED) is 0.710. The molecule has 1 aromatic carbocycles. The van der Waals surface area contributed by atoms with Gasteiger partial charge in [-0.3, -0.25) is 0 Å². The summed E-state index contributed by atoms with van der Waals surface area (Å²) in [5.41, 5.74) is 4.21. The van der Waals surface area contributed by atoms with Crippen LogP contribution in [0.15, 0.2) is 65.3 Å². The van der Waals surface area contributed by atoms with Crippen molar-refractivity contribution in [3.63, 3.8) is 0 Å². The molecule has 0 radical (unpaired) electrons. The van der Waals surface area contributed by atoms with Gasteiger partial charge in [0.2, 0.25) is 0 Å². The smallest absolute Gasteiger partial charge is 0.126 e. The molecule has 4 rings (SSSR count). The molecule has 122 valence electrons. The highest BCUT2D eigenvalue weighted by Gasteiger charge is 2.14. The van der Waals surface area contributed by atoms with E-state index in [0.29, 0.717) is 6.61 Å². The minimum absolute atomic E-state index is 0.652. The first kappa shape index (κ1) is 14.8. The van der Waals surface area contributed by atoms with Crippen LogP contribution in [-0.2, 0) is 19.4 Å². The number of imidazole rings is 1. The number of ether oxygens (including phenoxy) is 1. The molecule has 2 aromatic heterocycles. The second kappa shape index (κ2) is 6.79. The van der Waals surface area contributed by atoms with E-state index in [2.05, 4.69) is 29.3 Å². The van der Waals surface area contributed by atoms with Crippen LogP contribution in [0.1, 0.15) is 23.3 Å². The van der Waals surface area contributed by atoms with Crippen molar-refractivity contribution in [3.05, 3.63) is 77.8 Å². The lowest BCUT2D eigenvalue weighted by Crippen LogP contribution is -2.09. The molecule has 24 heavy (non-hydrogen) atoms. The molecule has 4 nitrogen and oxygen atoms in total. The summed E-state index contributed by atoms with van der Waals surface area (Å²) >= 11 is 0. The number of aromatic nitrogens is 2. The number of allylic oxidation sites excluding steroid dienone is 1. The lowest BCUT2D eigenvalue weighted by molar-refractivity contribution is 0.298. The summed E-state index contributed by atoms with van der Waals surface area (Å²) < 4.78 is 13.3. The van der Waals surface area contributed by atoms with Crippen molar-refractivity contribution < 1.29 is 9.15 Å². The lowest BCUT2D eigenvalue weighted by atomic mass is 9.87. The van der Waals surface area contributed by atoms with Crippen molar-refractivity contribution in [2.24, 2.45) is 0 Å². The molecule has 0 spiro atoms. The van der Waals surface area contributed by atoms with Gasteiger partial charge in [0, 0.05) is 12.4 Å². The predicted molar refractivity (Wildman–Crippen MR) is 92.9 cm³/mol. The predicted octanol–water partition coefficient (Wildman–Crippen LogP) is 4.13. The van der Waals surface area contributed by atoms with Crippen LogP contribution in [0.2, 0.25) is 0 Å². The van der Waals surface area contributed by atoms with Gasteiger partial charge >= 0.3 is 0 Å². The summed E-state index contributed by atoms with van der Waals surface area (Å²) in [6.07, 6.45) is 12.5. The molecular weight excluding hydrogens is 300 g/mol. The Balaban J connectivity index is 1.39. The van der Waals surface area contributed by atoms with E-state index in [9.17, 15) is 0 Å². The van der Waals surface area contributed by atoms with E-state index >= 15 is 0 Å². The fourth-order valence-corrected chi connectivity index (χ4v) is 3.11. The van der Waals surface area contributed by atoms with Crippen molar-refractivity contribution >= 4 is 6.08 Å². The first-order chi connectivity index (χ1) is 11.9. The molecule has 2 heterocycles. The van der Waals surface area contributed by atoms with E-state index in [1.165, 1.54) is 16.7 Å². The van der Waals surface area contributed by atoms with Crippen molar-refractivity contribution in [1.82, 2.24) is 9.55 Å². The van der Waals surface area contributed by atoms with E-state index in [1.54, 1.807) is 12.5 Å². The monoisotopic (exact) mass is 320 g/mol. The van der Waals surface area contributed by atoms with Crippen LogP contribution in [0.5, 0.6) is 5.75 Å². The third kappa shape index (κ3) is 3.43. The maximum absolute atomic E-state index is 5.88. The number of hydrogen-bond acceptors (Lipinski definition) is 3. The maximum atomic E-state index is 5.88. The average Bonchev–Trinajstić information content (AvgIpc) is 3.29. The molecular formula is C20H20N2O2. The van der Waals surface area contributed by atoms with Gasteiger partial charge in [0.1, 0.15) is 18.1 Å². The summed E-state index contributed by atoms with van der Waals surface area (Å²) in [5.74, 6) is 1.89. The maximum Gasteiger partial charge on any atom is 0.126 e. The number of benzene rings is 1. The van der Waals surface area contributed by atoms with Crippen molar-refractivity contribution in [3.8, 4) is 5.75 Å². The molecule has 3 aromatic rings. The van der Waals surface area contributed by atoms with Gasteiger partial charge < -0.3 is 13.7 Å². The fraction of sp³-hybridized carbons (Fsp3) is 0.250. The van der Waals surface area contributed by atoms with Crippen LogP contribution >= 0.6 is 0 Å². The fourth-order valence-electron chi connectivity index (χ4n) is 3.11. The first-order valence-corrected chi connectivity index (χ1v) is 8.30. The third-order valence-electron chi connectivity index (χ3n) is 4.38. The highest BCUT2D eigenvalue weighted by Crippen LogP contribution is 2.29. The molecule has 0 amide bonds. The van der Waals surface area contributed by atoms with Crippen LogP contribution in [0.3, 0.4) is 0 Å².